The highest BCUT2D eigenvalue weighted by atomic mass is 32.1. The fraction of sp³-hybridized carbons (Fsp3) is 0.231. The number of nitrogens with zero attached hydrogens (tertiary/aromatic N) is 1. The number of carbonyl (C=O) groups is 1. The monoisotopic (exact) mass is 446 g/mol. The van der Waals surface area contributed by atoms with Crippen LogP contribution in [0.25, 0.3) is 10.2 Å². The second-order valence-electron chi connectivity index (χ2n) is 7.54. The van der Waals surface area contributed by atoms with Crippen LogP contribution in [0.1, 0.15) is 34.0 Å². The molecule has 0 aliphatic rings. The number of anilines is 1. The number of thiazole rings is 1. The van der Waals surface area contributed by atoms with Crippen molar-refractivity contribution in [3.05, 3.63) is 89.0 Å². The smallest absolute Gasteiger partial charge is 0.257 e. The summed E-state index contributed by atoms with van der Waals surface area (Å²) in [6, 6.07) is 22.0. The van der Waals surface area contributed by atoms with Gasteiger partial charge in [0.1, 0.15) is 5.75 Å². The van der Waals surface area contributed by atoms with Crippen molar-refractivity contribution >= 4 is 32.6 Å². The molecule has 4 rings (SSSR count). The molecule has 0 bridgehead atoms. The van der Waals surface area contributed by atoms with Crippen molar-refractivity contribution in [2.75, 3.05) is 18.7 Å². The van der Waals surface area contributed by atoms with Gasteiger partial charge in [-0.2, -0.15) is 0 Å². The number of aromatic nitrogens is 1. The number of nitrogens with one attached hydrogen (secondary N) is 1. The fourth-order valence-electron chi connectivity index (χ4n) is 3.32. The molecule has 6 heteroatoms. The summed E-state index contributed by atoms with van der Waals surface area (Å²) in [5.41, 5.74) is 5.15. The zero-order valence-electron chi connectivity index (χ0n) is 18.3. The van der Waals surface area contributed by atoms with E-state index in [9.17, 15) is 4.79 Å². The van der Waals surface area contributed by atoms with Gasteiger partial charge in [0, 0.05) is 12.2 Å². The standard InChI is InChI=1S/C26H26N2O3S/c1-3-30-17-31-22-13-14-23-24(16-22)32-26(27-23)28-25(29)21-6-4-5-20(15-21)12-11-19-9-7-18(2)8-10-19/h4-10,13-16H,3,11-12,17H2,1-2H3,(H,27,28,29). The summed E-state index contributed by atoms with van der Waals surface area (Å²) < 4.78 is 11.7. The van der Waals surface area contributed by atoms with E-state index in [4.69, 9.17) is 9.47 Å². The molecule has 0 saturated carbocycles. The second-order valence-corrected chi connectivity index (χ2v) is 8.57. The van der Waals surface area contributed by atoms with Crippen molar-refractivity contribution in [1.82, 2.24) is 4.98 Å². The number of amides is 1. The van der Waals surface area contributed by atoms with Crippen LogP contribution in [-0.2, 0) is 17.6 Å². The molecule has 0 fully saturated rings. The van der Waals surface area contributed by atoms with Gasteiger partial charge in [-0.05, 0) is 68.1 Å². The molecular formula is C26H26N2O3S. The van der Waals surface area contributed by atoms with Gasteiger partial charge in [-0.1, -0.05) is 53.3 Å². The van der Waals surface area contributed by atoms with Crippen molar-refractivity contribution in [1.29, 1.82) is 0 Å². The van der Waals surface area contributed by atoms with Crippen LogP contribution in [0.4, 0.5) is 5.13 Å². The Morgan fingerprint density at radius 3 is 2.62 bits per heavy atom. The minimum Gasteiger partial charge on any atom is -0.468 e. The quantitative estimate of drug-likeness (QED) is 0.252. The summed E-state index contributed by atoms with van der Waals surface area (Å²) in [5.74, 6) is 0.558. The Kier molecular flexibility index (Phi) is 7.14. The van der Waals surface area contributed by atoms with Crippen LogP contribution in [0.3, 0.4) is 0 Å². The van der Waals surface area contributed by atoms with Gasteiger partial charge in [0.15, 0.2) is 11.9 Å². The predicted octanol–water partition coefficient (Wildman–Crippen LogP) is 6.02. The maximum Gasteiger partial charge on any atom is 0.257 e. The zero-order chi connectivity index (χ0) is 22.3. The first-order valence-electron chi connectivity index (χ1n) is 10.7. The van der Waals surface area contributed by atoms with E-state index < -0.39 is 0 Å². The van der Waals surface area contributed by atoms with Crippen molar-refractivity contribution < 1.29 is 14.3 Å². The molecule has 0 atom stereocenters. The summed E-state index contributed by atoms with van der Waals surface area (Å²) in [4.78, 5) is 17.3. The van der Waals surface area contributed by atoms with E-state index in [0.717, 1.165) is 28.6 Å². The molecule has 1 amide bonds. The summed E-state index contributed by atoms with van der Waals surface area (Å²) in [5, 5.41) is 3.50. The van der Waals surface area contributed by atoms with Gasteiger partial charge in [0.25, 0.3) is 5.91 Å². The Morgan fingerprint density at radius 2 is 1.81 bits per heavy atom. The first-order chi connectivity index (χ1) is 15.6. The lowest BCUT2D eigenvalue weighted by atomic mass is 10.0. The molecule has 164 valence electrons. The SMILES string of the molecule is CCOCOc1ccc2nc(NC(=O)c3cccc(CCc4ccc(C)cc4)c3)sc2c1. The number of hydrogen-bond donors (Lipinski definition) is 1. The lowest BCUT2D eigenvalue weighted by Crippen LogP contribution is -2.12. The maximum absolute atomic E-state index is 12.8. The molecule has 5 nitrogen and oxygen atoms in total. The molecule has 3 aromatic carbocycles. The van der Waals surface area contributed by atoms with Gasteiger partial charge >= 0.3 is 0 Å². The van der Waals surface area contributed by atoms with Crippen LogP contribution < -0.4 is 10.1 Å². The normalized spacial score (nSPS) is 10.9. The second kappa shape index (κ2) is 10.4. The van der Waals surface area contributed by atoms with E-state index in [-0.39, 0.29) is 12.7 Å². The Morgan fingerprint density at radius 1 is 1.00 bits per heavy atom. The zero-order valence-corrected chi connectivity index (χ0v) is 19.1. The maximum atomic E-state index is 12.8. The highest BCUT2D eigenvalue weighted by Gasteiger charge is 2.11. The number of fused-ring (bicyclic) bond motifs is 1. The van der Waals surface area contributed by atoms with Gasteiger partial charge in [-0.15, -0.1) is 0 Å². The molecule has 0 aliphatic heterocycles. The number of aryl methyl sites for hydroxylation is 3. The number of carbonyl (C=O) groups excluding carboxylic acids is 1. The molecule has 1 aromatic heterocycles. The first-order valence-corrected chi connectivity index (χ1v) is 11.5. The van der Waals surface area contributed by atoms with Gasteiger partial charge in [-0.3, -0.25) is 10.1 Å². The molecule has 1 N–H and O–H groups in total. The van der Waals surface area contributed by atoms with Crippen molar-refractivity contribution in [3.8, 4) is 5.75 Å². The number of benzene rings is 3. The van der Waals surface area contributed by atoms with Crippen molar-refractivity contribution in [3.63, 3.8) is 0 Å². The minimum absolute atomic E-state index is 0.158. The molecule has 0 unspecified atom stereocenters. The van der Waals surface area contributed by atoms with Crippen LogP contribution in [-0.4, -0.2) is 24.3 Å². The average molecular weight is 447 g/mol. The molecule has 32 heavy (non-hydrogen) atoms. The molecule has 1 heterocycles. The van der Waals surface area contributed by atoms with E-state index in [1.54, 1.807) is 0 Å². The number of ether oxygens (including phenoxy) is 2. The Hall–Kier alpha value is -3.22. The van der Waals surface area contributed by atoms with Crippen LogP contribution in [0.2, 0.25) is 0 Å². The van der Waals surface area contributed by atoms with Gasteiger partial charge in [0.05, 0.1) is 10.2 Å². The Labute approximate surface area is 192 Å². The Bertz CT molecular complexity index is 1200. The summed E-state index contributed by atoms with van der Waals surface area (Å²) in [6.07, 6.45) is 1.83. The van der Waals surface area contributed by atoms with Crippen LogP contribution in [0.5, 0.6) is 5.75 Å². The molecule has 0 radical (unpaired) electrons. The molecule has 0 aliphatic carbocycles. The molecule has 4 aromatic rings. The van der Waals surface area contributed by atoms with E-state index in [0.29, 0.717) is 23.1 Å². The largest absolute Gasteiger partial charge is 0.468 e. The van der Waals surface area contributed by atoms with E-state index in [2.05, 4.69) is 47.6 Å². The van der Waals surface area contributed by atoms with Crippen LogP contribution >= 0.6 is 11.3 Å². The molecule has 0 spiro atoms. The summed E-state index contributed by atoms with van der Waals surface area (Å²) in [7, 11) is 0. The van der Waals surface area contributed by atoms with E-state index in [1.165, 1.54) is 22.5 Å². The van der Waals surface area contributed by atoms with Crippen molar-refractivity contribution in [2.24, 2.45) is 0 Å². The average Bonchev–Trinajstić information content (AvgIpc) is 3.20. The topological polar surface area (TPSA) is 60.5 Å². The molecular weight excluding hydrogens is 420 g/mol. The highest BCUT2D eigenvalue weighted by Crippen LogP contribution is 2.29. The summed E-state index contributed by atoms with van der Waals surface area (Å²) >= 11 is 1.42. The van der Waals surface area contributed by atoms with Crippen LogP contribution in [0, 0.1) is 6.92 Å². The van der Waals surface area contributed by atoms with Gasteiger partial charge in [0.2, 0.25) is 0 Å². The molecule has 0 saturated heterocycles. The van der Waals surface area contributed by atoms with E-state index >= 15 is 0 Å². The highest BCUT2D eigenvalue weighted by molar-refractivity contribution is 7.22. The lowest BCUT2D eigenvalue weighted by Gasteiger charge is -2.06. The lowest BCUT2D eigenvalue weighted by molar-refractivity contribution is 0.0225. The first kappa shape index (κ1) is 22.0. The van der Waals surface area contributed by atoms with Crippen molar-refractivity contribution in [2.45, 2.75) is 26.7 Å². The third kappa shape index (κ3) is 5.72. The fourth-order valence-corrected chi connectivity index (χ4v) is 4.21. The van der Waals surface area contributed by atoms with Crippen LogP contribution in [0.15, 0.2) is 66.7 Å². The summed E-state index contributed by atoms with van der Waals surface area (Å²) in [6.45, 7) is 4.83. The van der Waals surface area contributed by atoms with E-state index in [1.807, 2.05) is 43.3 Å². The third-order valence-corrected chi connectivity index (χ3v) is 6.04. The predicted molar refractivity (Wildman–Crippen MR) is 130 cm³/mol. The van der Waals surface area contributed by atoms with Gasteiger partial charge < -0.3 is 9.47 Å². The van der Waals surface area contributed by atoms with Gasteiger partial charge in [-0.25, -0.2) is 4.98 Å². The third-order valence-electron chi connectivity index (χ3n) is 5.11. The minimum atomic E-state index is -0.158. The Balaban J connectivity index is 1.40. The number of rotatable bonds is 9. The number of hydrogen-bond acceptors (Lipinski definition) is 5.